The Bertz CT molecular complexity index is 525. The summed E-state index contributed by atoms with van der Waals surface area (Å²) >= 11 is 1.46. The van der Waals surface area contributed by atoms with Crippen LogP contribution in [0.1, 0.15) is 16.5 Å². The maximum atomic E-state index is 12.7. The largest absolute Gasteiger partial charge is 0.354 e. The van der Waals surface area contributed by atoms with Gasteiger partial charge in [-0.2, -0.15) is 0 Å². The fourth-order valence-corrected chi connectivity index (χ4v) is 2.41. The Morgan fingerprint density at radius 1 is 1.32 bits per heavy atom. The second-order valence-electron chi connectivity index (χ2n) is 4.16. The third-order valence-corrected chi connectivity index (χ3v) is 3.71. The normalized spacial score (nSPS) is 12.1. The van der Waals surface area contributed by atoms with Crippen LogP contribution in [0.3, 0.4) is 0 Å². The third kappa shape index (κ3) is 3.87. The van der Waals surface area contributed by atoms with Gasteiger partial charge in [0.05, 0.1) is 0 Å². The molecule has 1 heterocycles. The molecule has 0 aliphatic heterocycles. The van der Waals surface area contributed by atoms with Gasteiger partial charge in [-0.1, -0.05) is 18.2 Å². The van der Waals surface area contributed by atoms with Crippen molar-refractivity contribution >= 4 is 17.2 Å². The average Bonchev–Trinajstić information content (AvgIpc) is 2.94. The third-order valence-electron chi connectivity index (χ3n) is 2.76. The Balaban J connectivity index is 1.79. The minimum absolute atomic E-state index is 0.190. The maximum Gasteiger partial charge on any atom is 0.242 e. The molecule has 0 aliphatic carbocycles. The smallest absolute Gasteiger partial charge is 0.242 e. The van der Waals surface area contributed by atoms with Crippen molar-refractivity contribution < 1.29 is 9.18 Å². The quantitative estimate of drug-likeness (QED) is 0.881. The van der Waals surface area contributed by atoms with Crippen LogP contribution in [0.25, 0.3) is 0 Å². The van der Waals surface area contributed by atoms with E-state index in [4.69, 9.17) is 5.73 Å². The Kier molecular flexibility index (Phi) is 4.65. The van der Waals surface area contributed by atoms with Gasteiger partial charge in [0.15, 0.2) is 0 Å². The van der Waals surface area contributed by atoms with Crippen molar-refractivity contribution in [1.29, 1.82) is 0 Å². The molecule has 0 radical (unpaired) electrons. The van der Waals surface area contributed by atoms with Crippen molar-refractivity contribution in [2.24, 2.45) is 5.73 Å². The fraction of sp³-hybridized carbons (Fsp3) is 0.214. The zero-order valence-corrected chi connectivity index (χ0v) is 11.1. The van der Waals surface area contributed by atoms with Gasteiger partial charge >= 0.3 is 0 Å². The van der Waals surface area contributed by atoms with E-state index >= 15 is 0 Å². The number of nitrogens with two attached hydrogens (primary N) is 1. The molecule has 5 heteroatoms. The molecule has 0 saturated heterocycles. The SMILES string of the molecule is NC(C(=O)NCCc1ccc(F)cc1)c1cccs1. The Morgan fingerprint density at radius 3 is 2.68 bits per heavy atom. The highest BCUT2D eigenvalue weighted by atomic mass is 32.1. The molecule has 0 aliphatic rings. The van der Waals surface area contributed by atoms with E-state index in [2.05, 4.69) is 5.32 Å². The Morgan fingerprint density at radius 2 is 2.05 bits per heavy atom. The summed E-state index contributed by atoms with van der Waals surface area (Å²) in [6, 6.07) is 9.33. The maximum absolute atomic E-state index is 12.7. The minimum atomic E-state index is -0.617. The first kappa shape index (κ1) is 13.7. The predicted octanol–water partition coefficient (Wildman–Crippen LogP) is 2.25. The van der Waals surface area contributed by atoms with E-state index < -0.39 is 6.04 Å². The second kappa shape index (κ2) is 6.45. The van der Waals surface area contributed by atoms with Crippen LogP contribution < -0.4 is 11.1 Å². The first-order chi connectivity index (χ1) is 9.16. The summed E-state index contributed by atoms with van der Waals surface area (Å²) in [4.78, 5) is 12.6. The molecule has 1 amide bonds. The summed E-state index contributed by atoms with van der Waals surface area (Å²) in [6.07, 6.45) is 0.656. The van der Waals surface area contributed by atoms with Gasteiger partial charge in [0.1, 0.15) is 11.9 Å². The predicted molar refractivity (Wildman–Crippen MR) is 74.4 cm³/mol. The molecule has 1 aromatic heterocycles. The van der Waals surface area contributed by atoms with E-state index in [1.165, 1.54) is 23.5 Å². The van der Waals surface area contributed by atoms with Crippen molar-refractivity contribution in [2.45, 2.75) is 12.5 Å². The summed E-state index contributed by atoms with van der Waals surface area (Å²) in [6.45, 7) is 0.490. The summed E-state index contributed by atoms with van der Waals surface area (Å²) in [5.74, 6) is -0.447. The average molecular weight is 278 g/mol. The number of thiophene rings is 1. The van der Waals surface area contributed by atoms with Gasteiger partial charge in [0.25, 0.3) is 0 Å². The molecular formula is C14H15FN2OS. The summed E-state index contributed by atoms with van der Waals surface area (Å²) in [7, 11) is 0. The standard InChI is InChI=1S/C14H15FN2OS/c15-11-5-3-10(4-6-11)7-8-17-14(18)13(16)12-2-1-9-19-12/h1-6,9,13H,7-8,16H2,(H,17,18). The molecule has 0 saturated carbocycles. The Hall–Kier alpha value is -1.72. The second-order valence-corrected chi connectivity index (χ2v) is 5.14. The zero-order valence-electron chi connectivity index (χ0n) is 10.3. The number of amides is 1. The van der Waals surface area contributed by atoms with Crippen LogP contribution in [0.15, 0.2) is 41.8 Å². The van der Waals surface area contributed by atoms with Crippen molar-refractivity contribution in [3.8, 4) is 0 Å². The van der Waals surface area contributed by atoms with Gasteiger partial charge in [-0.05, 0) is 35.6 Å². The highest BCUT2D eigenvalue weighted by Gasteiger charge is 2.15. The van der Waals surface area contributed by atoms with E-state index in [0.717, 1.165) is 10.4 Å². The zero-order chi connectivity index (χ0) is 13.7. The van der Waals surface area contributed by atoms with Gasteiger partial charge in [0.2, 0.25) is 5.91 Å². The first-order valence-electron chi connectivity index (χ1n) is 5.98. The van der Waals surface area contributed by atoms with E-state index in [0.29, 0.717) is 13.0 Å². The molecule has 19 heavy (non-hydrogen) atoms. The van der Waals surface area contributed by atoms with Crippen molar-refractivity contribution in [3.63, 3.8) is 0 Å². The Labute approximate surface area is 115 Å². The molecule has 0 fully saturated rings. The van der Waals surface area contributed by atoms with Gasteiger partial charge in [-0.3, -0.25) is 4.79 Å². The molecule has 1 atom stereocenters. The van der Waals surface area contributed by atoms with Crippen molar-refractivity contribution in [1.82, 2.24) is 5.32 Å². The highest BCUT2D eigenvalue weighted by molar-refractivity contribution is 7.10. The van der Waals surface area contributed by atoms with Gasteiger partial charge in [-0.25, -0.2) is 4.39 Å². The number of benzene rings is 1. The van der Waals surface area contributed by atoms with Crippen LogP contribution in [0, 0.1) is 5.82 Å². The lowest BCUT2D eigenvalue weighted by Crippen LogP contribution is -2.34. The lowest BCUT2D eigenvalue weighted by atomic mass is 10.1. The summed E-state index contributed by atoms with van der Waals surface area (Å²) in [5, 5.41) is 4.67. The molecule has 0 spiro atoms. The van der Waals surface area contributed by atoms with E-state index in [1.54, 1.807) is 12.1 Å². The van der Waals surface area contributed by atoms with Gasteiger partial charge in [0, 0.05) is 11.4 Å². The van der Waals surface area contributed by atoms with Crippen molar-refractivity contribution in [2.75, 3.05) is 6.54 Å². The van der Waals surface area contributed by atoms with E-state index in [9.17, 15) is 9.18 Å². The van der Waals surface area contributed by atoms with Gasteiger partial charge < -0.3 is 11.1 Å². The number of halogens is 1. The molecule has 1 unspecified atom stereocenters. The topological polar surface area (TPSA) is 55.1 Å². The molecule has 0 bridgehead atoms. The number of nitrogens with one attached hydrogen (secondary N) is 1. The highest BCUT2D eigenvalue weighted by Crippen LogP contribution is 2.16. The lowest BCUT2D eigenvalue weighted by molar-refractivity contribution is -0.122. The lowest BCUT2D eigenvalue weighted by Gasteiger charge is -2.10. The van der Waals surface area contributed by atoms with Crippen LogP contribution in [-0.2, 0) is 11.2 Å². The number of carbonyl (C=O) groups is 1. The van der Waals surface area contributed by atoms with E-state index in [-0.39, 0.29) is 11.7 Å². The van der Waals surface area contributed by atoms with Gasteiger partial charge in [-0.15, -0.1) is 11.3 Å². The van der Waals surface area contributed by atoms with Crippen molar-refractivity contribution in [3.05, 3.63) is 58.0 Å². The molecule has 100 valence electrons. The van der Waals surface area contributed by atoms with Crippen LogP contribution >= 0.6 is 11.3 Å². The van der Waals surface area contributed by atoms with Crippen LogP contribution in [0.4, 0.5) is 4.39 Å². The number of hydrogen-bond acceptors (Lipinski definition) is 3. The molecule has 1 aromatic carbocycles. The molecule has 2 rings (SSSR count). The monoisotopic (exact) mass is 278 g/mol. The molecule has 2 aromatic rings. The number of rotatable bonds is 5. The molecular weight excluding hydrogens is 263 g/mol. The fourth-order valence-electron chi connectivity index (χ4n) is 1.69. The molecule has 3 nitrogen and oxygen atoms in total. The van der Waals surface area contributed by atoms with E-state index in [1.807, 2.05) is 17.5 Å². The van der Waals surface area contributed by atoms with Crippen LogP contribution in [0.5, 0.6) is 0 Å². The van der Waals surface area contributed by atoms with Crippen LogP contribution in [-0.4, -0.2) is 12.5 Å². The minimum Gasteiger partial charge on any atom is -0.354 e. The summed E-state index contributed by atoms with van der Waals surface area (Å²) < 4.78 is 12.7. The summed E-state index contributed by atoms with van der Waals surface area (Å²) in [5.41, 5.74) is 6.81. The molecule has 3 N–H and O–H groups in total. The first-order valence-corrected chi connectivity index (χ1v) is 6.86. The number of hydrogen-bond donors (Lipinski definition) is 2. The number of carbonyl (C=O) groups excluding carboxylic acids is 1. The van der Waals surface area contributed by atoms with Crippen LogP contribution in [0.2, 0.25) is 0 Å².